The third-order valence-corrected chi connectivity index (χ3v) is 7.11. The second-order valence-electron chi connectivity index (χ2n) is 6.69. The van der Waals surface area contributed by atoms with Gasteiger partial charge in [-0.2, -0.15) is 4.31 Å². The predicted molar refractivity (Wildman–Crippen MR) is 99.3 cm³/mol. The molecular weight excluding hydrogens is 392 g/mol. The van der Waals surface area contributed by atoms with Crippen molar-refractivity contribution in [3.63, 3.8) is 0 Å². The summed E-state index contributed by atoms with van der Waals surface area (Å²) in [5, 5.41) is 4.08. The number of rotatable bonds is 4. The van der Waals surface area contributed by atoms with Gasteiger partial charge in [-0.15, -0.1) is 0 Å². The minimum atomic E-state index is -3.70. The lowest BCUT2D eigenvalue weighted by Gasteiger charge is -2.30. The first-order valence-corrected chi connectivity index (χ1v) is 10.4. The molecule has 0 atom stereocenters. The predicted octanol–water partition coefficient (Wildman–Crippen LogP) is 3.26. The van der Waals surface area contributed by atoms with Gasteiger partial charge in [0.25, 0.3) is 0 Å². The molecule has 0 saturated carbocycles. The first kappa shape index (κ1) is 19.9. The Balaban J connectivity index is 1.66. The van der Waals surface area contributed by atoms with E-state index in [4.69, 9.17) is 20.9 Å². The first-order valence-electron chi connectivity index (χ1n) is 8.61. The van der Waals surface area contributed by atoms with Crippen molar-refractivity contribution in [3.05, 3.63) is 40.2 Å². The van der Waals surface area contributed by atoms with Gasteiger partial charge in [0.1, 0.15) is 16.3 Å². The molecule has 1 aliphatic rings. The van der Waals surface area contributed by atoms with Gasteiger partial charge in [0.05, 0.1) is 10.9 Å². The van der Waals surface area contributed by atoms with Crippen LogP contribution < -0.4 is 4.74 Å². The highest BCUT2D eigenvalue weighted by molar-refractivity contribution is 7.89. The number of piperidine rings is 1. The Bertz CT molecular complexity index is 943. The Morgan fingerprint density at radius 2 is 1.93 bits per heavy atom. The molecular formula is C18H21ClN2O5S. The summed E-state index contributed by atoms with van der Waals surface area (Å²) in [5.74, 6) is -0.176. The minimum Gasteiger partial charge on any atom is -0.425 e. The molecule has 146 valence electrons. The summed E-state index contributed by atoms with van der Waals surface area (Å²) in [6.45, 7) is 5.51. The number of carbonyl (C=O) groups is 1. The Kier molecular flexibility index (Phi) is 5.60. The Morgan fingerprint density at radius 1 is 1.26 bits per heavy atom. The molecule has 9 heteroatoms. The summed E-state index contributed by atoms with van der Waals surface area (Å²) in [5.41, 5.74) is 1.27. The smallest absolute Gasteiger partial charge is 0.314 e. The number of sulfonamides is 1. The van der Waals surface area contributed by atoms with Crippen LogP contribution in [0.2, 0.25) is 5.02 Å². The van der Waals surface area contributed by atoms with Crippen LogP contribution in [0.3, 0.4) is 0 Å². The van der Waals surface area contributed by atoms with E-state index in [1.54, 1.807) is 26.0 Å². The molecule has 1 aromatic carbocycles. The molecule has 0 unspecified atom stereocenters. The average molecular weight is 413 g/mol. The van der Waals surface area contributed by atoms with Crippen LogP contribution >= 0.6 is 11.6 Å². The summed E-state index contributed by atoms with van der Waals surface area (Å²) >= 11 is 6.07. The molecule has 0 N–H and O–H groups in total. The Morgan fingerprint density at radius 3 is 2.52 bits per heavy atom. The number of benzene rings is 1. The fraction of sp³-hybridized carbons (Fsp3) is 0.444. The van der Waals surface area contributed by atoms with Gasteiger partial charge in [-0.25, -0.2) is 8.42 Å². The molecule has 0 spiro atoms. The zero-order chi connectivity index (χ0) is 19.8. The van der Waals surface area contributed by atoms with Gasteiger partial charge >= 0.3 is 5.97 Å². The van der Waals surface area contributed by atoms with E-state index in [1.165, 1.54) is 4.31 Å². The fourth-order valence-corrected chi connectivity index (χ4v) is 5.10. The number of ether oxygens (including phenoxy) is 1. The van der Waals surface area contributed by atoms with E-state index in [0.717, 1.165) is 5.56 Å². The molecule has 3 rings (SSSR count). The average Bonchev–Trinajstić information content (AvgIpc) is 2.97. The van der Waals surface area contributed by atoms with Crippen LogP contribution in [0, 0.1) is 26.7 Å². The SMILES string of the molecule is Cc1ccc(Cl)c(OC(=O)C2CCN(S(=O)(=O)c3c(C)noc3C)CC2)c1. The minimum absolute atomic E-state index is 0.107. The van der Waals surface area contributed by atoms with E-state index in [-0.39, 0.29) is 29.7 Å². The fourth-order valence-electron chi connectivity index (χ4n) is 3.18. The third-order valence-electron chi connectivity index (χ3n) is 4.65. The van der Waals surface area contributed by atoms with Crippen molar-refractivity contribution in [1.29, 1.82) is 0 Å². The zero-order valence-corrected chi connectivity index (χ0v) is 16.9. The normalized spacial score (nSPS) is 16.4. The maximum Gasteiger partial charge on any atom is 0.314 e. The van der Waals surface area contributed by atoms with Crippen LogP contribution in [-0.4, -0.2) is 36.9 Å². The number of hydrogen-bond acceptors (Lipinski definition) is 6. The van der Waals surface area contributed by atoms with E-state index in [0.29, 0.717) is 29.3 Å². The number of hydrogen-bond donors (Lipinski definition) is 0. The Labute approximate surface area is 163 Å². The summed E-state index contributed by atoms with van der Waals surface area (Å²) in [6.07, 6.45) is 0.760. The monoisotopic (exact) mass is 412 g/mol. The molecule has 0 amide bonds. The van der Waals surface area contributed by atoms with Crippen LogP contribution in [0.25, 0.3) is 0 Å². The van der Waals surface area contributed by atoms with Gasteiger partial charge in [-0.05, 0) is 51.3 Å². The van der Waals surface area contributed by atoms with Crippen LogP contribution in [0.5, 0.6) is 5.75 Å². The summed E-state index contributed by atoms with van der Waals surface area (Å²) in [7, 11) is -3.70. The largest absolute Gasteiger partial charge is 0.425 e. The molecule has 27 heavy (non-hydrogen) atoms. The molecule has 0 aliphatic carbocycles. The van der Waals surface area contributed by atoms with Crippen molar-refractivity contribution in [2.75, 3.05) is 13.1 Å². The summed E-state index contributed by atoms with van der Waals surface area (Å²) in [6, 6.07) is 5.22. The number of halogens is 1. The van der Waals surface area contributed by atoms with Gasteiger partial charge in [0.2, 0.25) is 10.0 Å². The lowest BCUT2D eigenvalue weighted by atomic mass is 9.98. The molecule has 1 aliphatic heterocycles. The highest BCUT2D eigenvalue weighted by Gasteiger charge is 2.36. The molecule has 1 aromatic heterocycles. The topological polar surface area (TPSA) is 89.7 Å². The zero-order valence-electron chi connectivity index (χ0n) is 15.4. The van der Waals surface area contributed by atoms with Crippen molar-refractivity contribution < 1.29 is 22.5 Å². The second-order valence-corrected chi connectivity index (χ2v) is 8.97. The van der Waals surface area contributed by atoms with Crippen LogP contribution in [-0.2, 0) is 14.8 Å². The van der Waals surface area contributed by atoms with Gasteiger partial charge in [-0.1, -0.05) is 22.8 Å². The standard InChI is InChI=1S/C18H21ClN2O5S/c1-11-4-5-15(19)16(10-11)25-18(22)14-6-8-21(9-7-14)27(23,24)17-12(2)20-26-13(17)3/h4-5,10,14H,6-9H2,1-3H3. The van der Waals surface area contributed by atoms with Crippen molar-refractivity contribution in [3.8, 4) is 5.75 Å². The van der Waals surface area contributed by atoms with E-state index < -0.39 is 16.0 Å². The van der Waals surface area contributed by atoms with Crippen LogP contribution in [0.15, 0.2) is 27.6 Å². The number of esters is 1. The first-order chi connectivity index (χ1) is 12.7. The van der Waals surface area contributed by atoms with Gasteiger partial charge < -0.3 is 9.26 Å². The number of aromatic nitrogens is 1. The highest BCUT2D eigenvalue weighted by Crippen LogP contribution is 2.30. The van der Waals surface area contributed by atoms with Crippen LogP contribution in [0.1, 0.15) is 29.9 Å². The van der Waals surface area contributed by atoms with Crippen LogP contribution in [0.4, 0.5) is 0 Å². The summed E-state index contributed by atoms with van der Waals surface area (Å²) in [4.78, 5) is 12.6. The lowest BCUT2D eigenvalue weighted by molar-refractivity contribution is -0.140. The van der Waals surface area contributed by atoms with Crippen molar-refractivity contribution in [1.82, 2.24) is 9.46 Å². The Hall–Kier alpha value is -1.90. The van der Waals surface area contributed by atoms with Gasteiger partial charge in [0.15, 0.2) is 5.76 Å². The van der Waals surface area contributed by atoms with Gasteiger partial charge in [-0.3, -0.25) is 4.79 Å². The molecule has 7 nitrogen and oxygen atoms in total. The number of nitrogens with zero attached hydrogens (tertiary/aromatic N) is 2. The number of carbonyl (C=O) groups excluding carboxylic acids is 1. The molecule has 0 bridgehead atoms. The molecule has 1 saturated heterocycles. The van der Waals surface area contributed by atoms with Gasteiger partial charge in [0, 0.05) is 13.1 Å². The van der Waals surface area contributed by atoms with E-state index in [1.807, 2.05) is 13.0 Å². The van der Waals surface area contributed by atoms with E-state index in [2.05, 4.69) is 5.16 Å². The van der Waals surface area contributed by atoms with E-state index >= 15 is 0 Å². The second kappa shape index (κ2) is 7.61. The molecule has 2 heterocycles. The van der Waals surface area contributed by atoms with Crippen molar-refractivity contribution in [2.45, 2.75) is 38.5 Å². The summed E-state index contributed by atoms with van der Waals surface area (Å²) < 4.78 is 37.4. The lowest BCUT2D eigenvalue weighted by Crippen LogP contribution is -2.41. The quantitative estimate of drug-likeness (QED) is 0.565. The molecule has 2 aromatic rings. The van der Waals surface area contributed by atoms with Crippen molar-refractivity contribution in [2.24, 2.45) is 5.92 Å². The van der Waals surface area contributed by atoms with Crippen molar-refractivity contribution >= 4 is 27.6 Å². The maximum atomic E-state index is 12.8. The maximum absolute atomic E-state index is 12.8. The molecule has 1 fully saturated rings. The highest BCUT2D eigenvalue weighted by atomic mass is 35.5. The molecule has 0 radical (unpaired) electrons. The van der Waals surface area contributed by atoms with E-state index in [9.17, 15) is 13.2 Å². The number of aryl methyl sites for hydroxylation is 3. The third kappa shape index (κ3) is 4.02.